The molecule has 0 radical (unpaired) electrons. The molecule has 2 bridgehead atoms. The molecular formula is C39H50N4O5S. The van der Waals surface area contributed by atoms with Crippen LogP contribution in [-0.4, -0.2) is 79.2 Å². The normalized spacial score (nSPS) is 24.4. The van der Waals surface area contributed by atoms with E-state index in [1.165, 1.54) is 24.8 Å². The predicted molar refractivity (Wildman–Crippen MR) is 191 cm³/mol. The number of piperazine rings is 1. The smallest absolute Gasteiger partial charge is 0.264 e. The molecule has 8 rings (SSSR count). The van der Waals surface area contributed by atoms with Gasteiger partial charge in [-0.05, 0) is 112 Å². The van der Waals surface area contributed by atoms with Crippen LogP contribution in [0, 0.1) is 5.41 Å². The SMILES string of the molecule is COc1ccc(-c2c(C3CCCCC3)c3ccc(C(=O)NS(=O)(=O)C4CCCC4)cc3n2CC2(C(=O)N3C4CCC3CN(C)C4)CC2)cc1. The molecule has 1 aromatic heterocycles. The average Bonchev–Trinajstić information content (AvgIpc) is 3.40. The Labute approximate surface area is 290 Å². The van der Waals surface area contributed by atoms with Crippen molar-refractivity contribution in [2.75, 3.05) is 27.2 Å². The Bertz CT molecular complexity index is 1840. The van der Waals surface area contributed by atoms with Crippen molar-refractivity contribution in [2.24, 2.45) is 5.41 Å². The van der Waals surface area contributed by atoms with Gasteiger partial charge in [-0.25, -0.2) is 13.1 Å². The Hall–Kier alpha value is -3.37. The van der Waals surface area contributed by atoms with Crippen LogP contribution in [-0.2, 0) is 21.4 Å². The first-order chi connectivity index (χ1) is 23.7. The largest absolute Gasteiger partial charge is 0.497 e. The molecule has 2 saturated heterocycles. The van der Waals surface area contributed by atoms with Gasteiger partial charge in [-0.2, -0.15) is 0 Å². The van der Waals surface area contributed by atoms with Crippen molar-refractivity contribution >= 4 is 32.7 Å². The van der Waals surface area contributed by atoms with E-state index in [4.69, 9.17) is 4.74 Å². The van der Waals surface area contributed by atoms with E-state index in [1.807, 2.05) is 24.3 Å². The highest BCUT2D eigenvalue weighted by atomic mass is 32.2. The molecule has 5 aliphatic rings. The molecule has 1 N–H and O–H groups in total. The number of sulfonamides is 1. The third-order valence-corrected chi connectivity index (χ3v) is 14.2. The first-order valence-electron chi connectivity index (χ1n) is 18.6. The number of nitrogens with zero attached hydrogens (tertiary/aromatic N) is 3. The summed E-state index contributed by atoms with van der Waals surface area (Å²) in [6.45, 7) is 2.39. The minimum Gasteiger partial charge on any atom is -0.497 e. The highest BCUT2D eigenvalue weighted by Crippen LogP contribution is 2.53. The lowest BCUT2D eigenvalue weighted by molar-refractivity contribution is -0.143. The van der Waals surface area contributed by atoms with Crippen LogP contribution in [0.1, 0.15) is 105 Å². The van der Waals surface area contributed by atoms with Crippen molar-refractivity contribution in [3.8, 4) is 17.0 Å². The molecule has 2 aromatic carbocycles. The number of ether oxygens (including phenoxy) is 1. The summed E-state index contributed by atoms with van der Waals surface area (Å²) in [6.07, 6.45) is 12.5. The maximum absolute atomic E-state index is 14.6. The highest BCUT2D eigenvalue weighted by Gasteiger charge is 2.56. The van der Waals surface area contributed by atoms with Gasteiger partial charge >= 0.3 is 0 Å². The molecule has 2 amide bonds. The molecule has 10 heteroatoms. The Balaban J connectivity index is 1.25. The van der Waals surface area contributed by atoms with Gasteiger partial charge in [-0.15, -0.1) is 0 Å². The Kier molecular flexibility index (Phi) is 8.54. The molecule has 3 heterocycles. The van der Waals surface area contributed by atoms with Gasteiger partial charge in [0.25, 0.3) is 5.91 Å². The number of nitrogens with one attached hydrogen (secondary N) is 1. The molecule has 3 aliphatic carbocycles. The summed E-state index contributed by atoms with van der Waals surface area (Å²) in [4.78, 5) is 32.9. The van der Waals surface area contributed by atoms with E-state index in [-0.39, 0.29) is 18.0 Å². The fourth-order valence-corrected chi connectivity index (χ4v) is 11.1. The predicted octanol–water partition coefficient (Wildman–Crippen LogP) is 6.45. The van der Waals surface area contributed by atoms with E-state index >= 15 is 0 Å². The van der Waals surface area contributed by atoms with Crippen molar-refractivity contribution in [3.63, 3.8) is 0 Å². The van der Waals surface area contributed by atoms with E-state index in [2.05, 4.69) is 38.3 Å². The molecule has 2 atom stereocenters. The quantitative estimate of drug-likeness (QED) is 0.278. The van der Waals surface area contributed by atoms with Crippen LogP contribution in [0.15, 0.2) is 42.5 Å². The van der Waals surface area contributed by atoms with Crippen LogP contribution in [0.2, 0.25) is 0 Å². The highest BCUT2D eigenvalue weighted by molar-refractivity contribution is 7.90. The lowest BCUT2D eigenvalue weighted by Crippen LogP contribution is -2.56. The zero-order chi connectivity index (χ0) is 33.9. The maximum Gasteiger partial charge on any atom is 0.264 e. The first kappa shape index (κ1) is 32.8. The average molecular weight is 687 g/mol. The van der Waals surface area contributed by atoms with E-state index in [0.717, 1.165) is 92.4 Å². The fraction of sp³-hybridized carbons (Fsp3) is 0.590. The van der Waals surface area contributed by atoms with E-state index < -0.39 is 26.6 Å². The summed E-state index contributed by atoms with van der Waals surface area (Å²) in [5.41, 5.74) is 4.21. The monoisotopic (exact) mass is 686 g/mol. The Morgan fingerprint density at radius 1 is 0.878 bits per heavy atom. The van der Waals surface area contributed by atoms with Gasteiger partial charge in [-0.1, -0.05) is 38.2 Å². The second-order valence-corrected chi connectivity index (χ2v) is 17.6. The van der Waals surface area contributed by atoms with Gasteiger partial charge in [0.1, 0.15) is 5.75 Å². The molecule has 0 spiro atoms. The van der Waals surface area contributed by atoms with Crippen molar-refractivity contribution in [3.05, 3.63) is 53.6 Å². The number of likely N-dealkylation sites (tertiary alicyclic amines) is 1. The van der Waals surface area contributed by atoms with E-state index in [0.29, 0.717) is 30.9 Å². The molecule has 9 nitrogen and oxygen atoms in total. The first-order valence-corrected chi connectivity index (χ1v) is 20.1. The summed E-state index contributed by atoms with van der Waals surface area (Å²) < 4.78 is 36.6. The van der Waals surface area contributed by atoms with Gasteiger partial charge in [-0.3, -0.25) is 9.59 Å². The number of benzene rings is 2. The van der Waals surface area contributed by atoms with Gasteiger partial charge < -0.3 is 19.1 Å². The standard InChI is InChI=1S/C39H50N4O5S/c1-41-23-29-15-16-30(24-41)43(29)38(45)39(20-21-39)25-42-34-22-28(37(44)40-49(46,47)32-10-6-7-11-32)14-19-33(34)35(26-8-4-3-5-9-26)36(42)27-12-17-31(48-2)18-13-27/h12-14,17-19,22,26,29-30,32H,3-11,15-16,20-21,23-25H2,1-2H3,(H,40,44). The second-order valence-electron chi connectivity index (χ2n) is 15.6. The van der Waals surface area contributed by atoms with Crippen LogP contribution < -0.4 is 9.46 Å². The number of hydrogen-bond donors (Lipinski definition) is 1. The number of amides is 2. The van der Waals surface area contributed by atoms with Crippen molar-refractivity contribution in [1.29, 1.82) is 0 Å². The number of carbonyl (C=O) groups excluding carboxylic acids is 2. The molecule has 3 aromatic rings. The summed E-state index contributed by atoms with van der Waals surface area (Å²) in [5, 5.41) is 0.574. The molecule has 262 valence electrons. The number of hydrogen-bond acceptors (Lipinski definition) is 6. The number of aromatic nitrogens is 1. The molecule has 49 heavy (non-hydrogen) atoms. The van der Waals surface area contributed by atoms with Gasteiger partial charge in [0, 0.05) is 48.2 Å². The van der Waals surface area contributed by atoms with Gasteiger partial charge in [0.2, 0.25) is 15.9 Å². The van der Waals surface area contributed by atoms with Crippen LogP contribution in [0.25, 0.3) is 22.2 Å². The fourth-order valence-electron chi connectivity index (χ4n) is 9.63. The lowest BCUT2D eigenvalue weighted by atomic mass is 9.81. The summed E-state index contributed by atoms with van der Waals surface area (Å²) in [5.74, 6) is 0.841. The van der Waals surface area contributed by atoms with Crippen LogP contribution in [0.3, 0.4) is 0 Å². The second kappa shape index (κ2) is 12.7. The zero-order valence-electron chi connectivity index (χ0n) is 29.0. The third-order valence-electron chi connectivity index (χ3n) is 12.4. The molecular weight excluding hydrogens is 637 g/mol. The maximum atomic E-state index is 14.6. The van der Waals surface area contributed by atoms with Crippen LogP contribution in [0.4, 0.5) is 0 Å². The molecule has 2 unspecified atom stereocenters. The molecule has 3 saturated carbocycles. The molecule has 5 fully saturated rings. The number of rotatable bonds is 9. The summed E-state index contributed by atoms with van der Waals surface area (Å²) in [7, 11) is 0.0696. The van der Waals surface area contributed by atoms with E-state index in [1.54, 1.807) is 13.2 Å². The topological polar surface area (TPSA) is 101 Å². The Morgan fingerprint density at radius 3 is 2.16 bits per heavy atom. The van der Waals surface area contributed by atoms with Crippen molar-refractivity contribution in [1.82, 2.24) is 19.1 Å². The summed E-state index contributed by atoms with van der Waals surface area (Å²) in [6, 6.07) is 14.5. The number of methoxy groups -OCH3 is 1. The van der Waals surface area contributed by atoms with Gasteiger partial charge in [0.15, 0.2) is 0 Å². The third kappa shape index (κ3) is 5.96. The van der Waals surface area contributed by atoms with E-state index in [9.17, 15) is 18.0 Å². The minimum absolute atomic E-state index is 0.270. The van der Waals surface area contributed by atoms with Crippen molar-refractivity contribution < 1.29 is 22.7 Å². The van der Waals surface area contributed by atoms with Gasteiger partial charge in [0.05, 0.1) is 23.5 Å². The zero-order valence-corrected chi connectivity index (χ0v) is 29.8. The Morgan fingerprint density at radius 2 is 1.53 bits per heavy atom. The van der Waals surface area contributed by atoms with Crippen molar-refractivity contribution in [2.45, 2.75) is 113 Å². The molecule has 2 aliphatic heterocycles. The minimum atomic E-state index is -3.76. The van der Waals surface area contributed by atoms with Crippen LogP contribution >= 0.6 is 0 Å². The van der Waals surface area contributed by atoms with Crippen LogP contribution in [0.5, 0.6) is 5.75 Å². The lowest BCUT2D eigenvalue weighted by Gasteiger charge is -2.41. The summed E-state index contributed by atoms with van der Waals surface area (Å²) >= 11 is 0. The number of likely N-dealkylation sites (N-methyl/N-ethyl adjacent to an activating group) is 1. The number of fused-ring (bicyclic) bond motifs is 3. The number of carbonyl (C=O) groups is 2.